The molecule has 10 heteroatoms. The second-order valence-corrected chi connectivity index (χ2v) is 6.92. The van der Waals surface area contributed by atoms with Crippen molar-refractivity contribution >= 4 is 28.9 Å². The first-order chi connectivity index (χ1) is 12.7. The van der Waals surface area contributed by atoms with E-state index in [1.807, 2.05) is 0 Å². The molecule has 0 aliphatic carbocycles. The molecule has 3 aromatic rings. The molecule has 0 saturated heterocycles. The van der Waals surface area contributed by atoms with Gasteiger partial charge in [0.05, 0.1) is 6.54 Å². The SMILES string of the molecule is CC(Sc1nc2cccnc2n1Cc1ccc(OC(F)(F)F)cc1)C(=O)O. The Morgan fingerprint density at radius 1 is 1.30 bits per heavy atom. The Bertz CT molecular complexity index is 957. The van der Waals surface area contributed by atoms with Crippen LogP contribution in [0.2, 0.25) is 0 Å². The van der Waals surface area contributed by atoms with Crippen LogP contribution in [0.5, 0.6) is 5.75 Å². The highest BCUT2D eigenvalue weighted by molar-refractivity contribution is 8.00. The van der Waals surface area contributed by atoms with Crippen molar-refractivity contribution in [2.75, 3.05) is 0 Å². The quantitative estimate of drug-likeness (QED) is 0.635. The number of halogens is 3. The Kier molecular flexibility index (Phi) is 5.26. The van der Waals surface area contributed by atoms with Crippen LogP contribution in [0.25, 0.3) is 11.2 Å². The summed E-state index contributed by atoms with van der Waals surface area (Å²) in [6.45, 7) is 1.82. The molecular formula is C17H14F3N3O3S. The Labute approximate surface area is 156 Å². The first-order valence-electron chi connectivity index (χ1n) is 7.78. The zero-order valence-electron chi connectivity index (χ0n) is 14.0. The van der Waals surface area contributed by atoms with Crippen molar-refractivity contribution in [3.8, 4) is 5.75 Å². The van der Waals surface area contributed by atoms with Crippen molar-refractivity contribution in [2.24, 2.45) is 0 Å². The molecule has 0 saturated carbocycles. The molecule has 2 heterocycles. The highest BCUT2D eigenvalue weighted by Gasteiger charge is 2.31. The van der Waals surface area contributed by atoms with E-state index in [2.05, 4.69) is 14.7 Å². The van der Waals surface area contributed by atoms with Gasteiger partial charge in [-0.15, -0.1) is 13.2 Å². The van der Waals surface area contributed by atoms with Crippen molar-refractivity contribution < 1.29 is 27.8 Å². The summed E-state index contributed by atoms with van der Waals surface area (Å²) in [5, 5.41) is 8.89. The second kappa shape index (κ2) is 7.47. The van der Waals surface area contributed by atoms with Crippen molar-refractivity contribution in [3.05, 3.63) is 48.2 Å². The van der Waals surface area contributed by atoms with E-state index < -0.39 is 17.6 Å². The van der Waals surface area contributed by atoms with Crippen molar-refractivity contribution in [2.45, 2.75) is 30.2 Å². The van der Waals surface area contributed by atoms with Crippen LogP contribution in [-0.4, -0.2) is 37.2 Å². The molecule has 1 N–H and O–H groups in total. The number of rotatable bonds is 6. The molecule has 0 aliphatic heterocycles. The topological polar surface area (TPSA) is 77.2 Å². The molecule has 27 heavy (non-hydrogen) atoms. The molecule has 0 spiro atoms. The van der Waals surface area contributed by atoms with Crippen LogP contribution < -0.4 is 4.74 Å². The minimum atomic E-state index is -4.75. The number of aliphatic carboxylic acids is 1. The number of aromatic nitrogens is 3. The summed E-state index contributed by atoms with van der Waals surface area (Å²) in [6, 6.07) is 8.94. The van der Waals surface area contributed by atoms with Gasteiger partial charge in [-0.3, -0.25) is 9.36 Å². The van der Waals surface area contributed by atoms with Gasteiger partial charge in [0.1, 0.15) is 16.5 Å². The lowest BCUT2D eigenvalue weighted by Gasteiger charge is -2.12. The summed E-state index contributed by atoms with van der Waals surface area (Å²) < 4.78 is 42.4. The average Bonchev–Trinajstić information content (AvgIpc) is 2.92. The number of carboxylic acids is 1. The first-order valence-corrected chi connectivity index (χ1v) is 8.66. The third kappa shape index (κ3) is 4.70. The van der Waals surface area contributed by atoms with E-state index in [1.54, 1.807) is 29.8 Å². The normalized spacial score (nSPS) is 12.9. The number of carbonyl (C=O) groups is 1. The number of nitrogens with zero attached hydrogens (tertiary/aromatic N) is 3. The average molecular weight is 397 g/mol. The molecule has 2 aromatic heterocycles. The molecule has 1 unspecified atom stereocenters. The summed E-state index contributed by atoms with van der Waals surface area (Å²) in [5.74, 6) is -1.28. The van der Waals surface area contributed by atoms with Crippen LogP contribution in [0.15, 0.2) is 47.8 Å². The molecule has 0 amide bonds. The Hall–Kier alpha value is -2.75. The van der Waals surface area contributed by atoms with E-state index in [9.17, 15) is 18.0 Å². The number of hydrogen-bond donors (Lipinski definition) is 1. The van der Waals surface area contributed by atoms with Gasteiger partial charge in [0.2, 0.25) is 0 Å². The summed E-state index contributed by atoms with van der Waals surface area (Å²) >= 11 is 1.07. The lowest BCUT2D eigenvalue weighted by atomic mass is 10.2. The van der Waals surface area contributed by atoms with Gasteiger partial charge < -0.3 is 9.84 Å². The molecule has 1 atom stereocenters. The van der Waals surface area contributed by atoms with Gasteiger partial charge in [-0.1, -0.05) is 23.9 Å². The number of benzene rings is 1. The van der Waals surface area contributed by atoms with Crippen molar-refractivity contribution in [1.29, 1.82) is 0 Å². The molecular weight excluding hydrogens is 383 g/mol. The predicted octanol–water partition coefficient (Wildman–Crippen LogP) is 3.94. The standard InChI is InChI=1S/C17H14F3N3O3S/c1-10(15(24)25)27-16-22-13-3-2-8-21-14(13)23(16)9-11-4-6-12(7-5-11)26-17(18,19)20/h2-8,10H,9H2,1H3,(H,24,25). The number of carboxylic acid groups (broad SMARTS) is 1. The van der Waals surface area contributed by atoms with Crippen LogP contribution in [-0.2, 0) is 11.3 Å². The Morgan fingerprint density at radius 2 is 2.00 bits per heavy atom. The summed E-state index contributed by atoms with van der Waals surface area (Å²) in [5.41, 5.74) is 1.86. The maximum absolute atomic E-state index is 12.3. The predicted molar refractivity (Wildman–Crippen MR) is 92.7 cm³/mol. The molecule has 0 fully saturated rings. The van der Waals surface area contributed by atoms with Gasteiger partial charge >= 0.3 is 12.3 Å². The lowest BCUT2D eigenvalue weighted by molar-refractivity contribution is -0.274. The number of ether oxygens (including phenoxy) is 1. The van der Waals surface area contributed by atoms with E-state index >= 15 is 0 Å². The number of imidazole rings is 1. The van der Waals surface area contributed by atoms with E-state index in [0.717, 1.165) is 11.8 Å². The number of fused-ring (bicyclic) bond motifs is 1. The maximum atomic E-state index is 12.3. The largest absolute Gasteiger partial charge is 0.573 e. The molecule has 0 radical (unpaired) electrons. The first kappa shape index (κ1) is 19.0. The fourth-order valence-electron chi connectivity index (χ4n) is 2.36. The fraction of sp³-hybridized carbons (Fsp3) is 0.235. The number of hydrogen-bond acceptors (Lipinski definition) is 5. The smallest absolute Gasteiger partial charge is 0.480 e. The zero-order valence-corrected chi connectivity index (χ0v) is 14.8. The van der Waals surface area contributed by atoms with Crippen LogP contribution in [0.3, 0.4) is 0 Å². The Balaban J connectivity index is 1.90. The summed E-state index contributed by atoms with van der Waals surface area (Å²) in [6.07, 6.45) is -3.15. The molecule has 6 nitrogen and oxygen atoms in total. The van der Waals surface area contributed by atoms with E-state index in [0.29, 0.717) is 21.9 Å². The molecule has 0 bridgehead atoms. The number of thioether (sulfide) groups is 1. The molecule has 0 aliphatic rings. The second-order valence-electron chi connectivity index (χ2n) is 5.62. The third-order valence-corrected chi connectivity index (χ3v) is 4.67. The van der Waals surface area contributed by atoms with Gasteiger partial charge in [0.15, 0.2) is 10.8 Å². The maximum Gasteiger partial charge on any atom is 0.573 e. The van der Waals surface area contributed by atoms with Gasteiger partial charge in [0, 0.05) is 6.20 Å². The van der Waals surface area contributed by atoms with Crippen LogP contribution in [0.4, 0.5) is 13.2 Å². The van der Waals surface area contributed by atoms with E-state index in [1.165, 1.54) is 24.3 Å². The Morgan fingerprint density at radius 3 is 2.63 bits per heavy atom. The highest BCUT2D eigenvalue weighted by atomic mass is 32.2. The van der Waals surface area contributed by atoms with Gasteiger partial charge in [-0.05, 0) is 36.8 Å². The van der Waals surface area contributed by atoms with E-state index in [4.69, 9.17) is 5.11 Å². The van der Waals surface area contributed by atoms with E-state index in [-0.39, 0.29) is 12.3 Å². The molecule has 1 aromatic carbocycles. The minimum absolute atomic E-state index is 0.272. The van der Waals surface area contributed by atoms with Crippen LogP contribution in [0.1, 0.15) is 12.5 Å². The van der Waals surface area contributed by atoms with Crippen LogP contribution in [0, 0.1) is 0 Å². The number of pyridine rings is 1. The zero-order chi connectivity index (χ0) is 19.6. The highest BCUT2D eigenvalue weighted by Crippen LogP contribution is 2.28. The minimum Gasteiger partial charge on any atom is -0.480 e. The molecule has 142 valence electrons. The number of alkyl halides is 3. The fourth-order valence-corrected chi connectivity index (χ4v) is 3.20. The van der Waals surface area contributed by atoms with Gasteiger partial charge in [-0.25, -0.2) is 9.97 Å². The lowest BCUT2D eigenvalue weighted by Crippen LogP contribution is -2.17. The van der Waals surface area contributed by atoms with Crippen LogP contribution >= 0.6 is 11.8 Å². The third-order valence-electron chi connectivity index (χ3n) is 3.60. The van der Waals surface area contributed by atoms with Gasteiger partial charge in [-0.2, -0.15) is 0 Å². The van der Waals surface area contributed by atoms with Crippen molar-refractivity contribution in [1.82, 2.24) is 14.5 Å². The summed E-state index contributed by atoms with van der Waals surface area (Å²) in [4.78, 5) is 19.9. The monoisotopic (exact) mass is 397 g/mol. The van der Waals surface area contributed by atoms with Crippen molar-refractivity contribution in [3.63, 3.8) is 0 Å². The summed E-state index contributed by atoms with van der Waals surface area (Å²) in [7, 11) is 0. The molecule has 3 rings (SSSR count). The van der Waals surface area contributed by atoms with Gasteiger partial charge in [0.25, 0.3) is 0 Å².